The van der Waals surface area contributed by atoms with Gasteiger partial charge in [0.2, 0.25) is 15.9 Å². The second-order valence-corrected chi connectivity index (χ2v) is 8.68. The van der Waals surface area contributed by atoms with Gasteiger partial charge in [0, 0.05) is 38.1 Å². The molecule has 0 radical (unpaired) electrons. The Balaban J connectivity index is 2.13. The number of hydrogen-bond donors (Lipinski definition) is 0. The zero-order chi connectivity index (χ0) is 17.6. The Morgan fingerprint density at radius 3 is 2.35 bits per heavy atom. The molecular weight excluding hydrogens is 328 g/mol. The Bertz CT molecular complexity index is 562. The second kappa shape index (κ2) is 6.25. The van der Waals surface area contributed by atoms with Crippen LogP contribution in [0, 0.1) is 0 Å². The number of likely N-dealkylation sites (N-methyl/N-ethyl adjacent to an activating group) is 1. The van der Waals surface area contributed by atoms with Crippen LogP contribution in [0.3, 0.4) is 0 Å². The summed E-state index contributed by atoms with van der Waals surface area (Å²) in [4.78, 5) is 15.7. The average Bonchev–Trinajstić information content (AvgIpc) is 2.61. The first-order valence-electron chi connectivity index (χ1n) is 7.85. The van der Waals surface area contributed by atoms with Crippen LogP contribution >= 0.6 is 0 Å². The lowest BCUT2D eigenvalue weighted by atomic mass is 10.1. The molecule has 2 aliphatic rings. The van der Waals surface area contributed by atoms with Gasteiger partial charge in [0.25, 0.3) is 5.92 Å². The number of amides is 1. The number of sulfonamides is 1. The topological polar surface area (TPSA) is 60.9 Å². The molecule has 0 bridgehead atoms. The number of alkyl halides is 2. The summed E-state index contributed by atoms with van der Waals surface area (Å²) >= 11 is 0. The molecule has 6 nitrogen and oxygen atoms in total. The lowest BCUT2D eigenvalue weighted by Crippen LogP contribution is -2.63. The van der Waals surface area contributed by atoms with Gasteiger partial charge in [0.1, 0.15) is 0 Å². The van der Waals surface area contributed by atoms with Crippen molar-refractivity contribution in [1.82, 2.24) is 14.1 Å². The van der Waals surface area contributed by atoms with E-state index in [4.69, 9.17) is 0 Å². The molecule has 0 aliphatic carbocycles. The Morgan fingerprint density at radius 1 is 1.35 bits per heavy atom. The summed E-state index contributed by atoms with van der Waals surface area (Å²) in [5.41, 5.74) is 0. The van der Waals surface area contributed by atoms with E-state index in [1.165, 1.54) is 9.21 Å². The van der Waals surface area contributed by atoms with E-state index in [9.17, 15) is 22.0 Å². The molecule has 2 fully saturated rings. The van der Waals surface area contributed by atoms with Crippen LogP contribution in [0.5, 0.6) is 0 Å². The largest absolute Gasteiger partial charge is 0.339 e. The first-order chi connectivity index (χ1) is 10.5. The number of rotatable bonds is 5. The van der Waals surface area contributed by atoms with Gasteiger partial charge in [-0.3, -0.25) is 9.69 Å². The Hall–Kier alpha value is -0.800. The van der Waals surface area contributed by atoms with E-state index in [-0.39, 0.29) is 31.1 Å². The maximum Gasteiger partial charge on any atom is 0.262 e. The van der Waals surface area contributed by atoms with E-state index in [1.807, 2.05) is 20.8 Å². The molecule has 0 aromatic heterocycles. The average molecular weight is 353 g/mol. The number of carbonyl (C=O) groups is 1. The summed E-state index contributed by atoms with van der Waals surface area (Å²) in [5.74, 6) is -3.21. The van der Waals surface area contributed by atoms with Crippen LogP contribution < -0.4 is 0 Å². The number of hydrogen-bond acceptors (Lipinski definition) is 4. The van der Waals surface area contributed by atoms with Crippen LogP contribution in [0.25, 0.3) is 0 Å². The van der Waals surface area contributed by atoms with Gasteiger partial charge in [-0.2, -0.15) is 4.31 Å². The van der Waals surface area contributed by atoms with Crippen LogP contribution in [0.4, 0.5) is 8.78 Å². The molecule has 0 aromatic carbocycles. The maximum absolute atomic E-state index is 13.9. The van der Waals surface area contributed by atoms with Crippen LogP contribution in [0.2, 0.25) is 0 Å². The van der Waals surface area contributed by atoms with Crippen molar-refractivity contribution in [2.24, 2.45) is 0 Å². The lowest BCUT2D eigenvalue weighted by Gasteiger charge is -2.44. The molecule has 2 saturated heterocycles. The zero-order valence-electron chi connectivity index (χ0n) is 14.0. The van der Waals surface area contributed by atoms with E-state index in [0.717, 1.165) is 6.26 Å². The number of nitrogens with zero attached hydrogens (tertiary/aromatic N) is 3. The molecule has 0 saturated carbocycles. The highest BCUT2D eigenvalue weighted by Gasteiger charge is 2.53. The highest BCUT2D eigenvalue weighted by Crippen LogP contribution is 2.36. The first kappa shape index (κ1) is 18.5. The highest BCUT2D eigenvalue weighted by atomic mass is 32.2. The van der Waals surface area contributed by atoms with Crippen LogP contribution in [0.15, 0.2) is 0 Å². The van der Waals surface area contributed by atoms with Gasteiger partial charge in [-0.25, -0.2) is 17.2 Å². The zero-order valence-corrected chi connectivity index (χ0v) is 14.8. The third-order valence-corrected chi connectivity index (χ3v) is 5.84. The monoisotopic (exact) mass is 353 g/mol. The van der Waals surface area contributed by atoms with Gasteiger partial charge >= 0.3 is 0 Å². The quantitative estimate of drug-likeness (QED) is 0.726. The van der Waals surface area contributed by atoms with Gasteiger partial charge in [-0.1, -0.05) is 0 Å². The van der Waals surface area contributed by atoms with Gasteiger partial charge in [0.05, 0.1) is 18.8 Å². The van der Waals surface area contributed by atoms with E-state index < -0.39 is 35.0 Å². The van der Waals surface area contributed by atoms with Crippen molar-refractivity contribution in [2.75, 3.05) is 32.4 Å². The second-order valence-electron chi connectivity index (χ2n) is 6.70. The summed E-state index contributed by atoms with van der Waals surface area (Å²) < 4.78 is 51.9. The van der Waals surface area contributed by atoms with Crippen LogP contribution in [-0.4, -0.2) is 84.9 Å². The fourth-order valence-electron chi connectivity index (χ4n) is 3.32. The summed E-state index contributed by atoms with van der Waals surface area (Å²) in [7, 11) is -3.31. The predicted molar refractivity (Wildman–Crippen MR) is 82.8 cm³/mol. The summed E-state index contributed by atoms with van der Waals surface area (Å²) in [6.07, 6.45) is 0.604. The van der Waals surface area contributed by atoms with E-state index in [1.54, 1.807) is 4.90 Å². The summed E-state index contributed by atoms with van der Waals surface area (Å²) in [6, 6.07) is -1.26. The molecule has 2 aliphatic heterocycles. The lowest BCUT2D eigenvalue weighted by molar-refractivity contribution is -0.139. The van der Waals surface area contributed by atoms with Gasteiger partial charge in [0.15, 0.2) is 0 Å². The Kier molecular flexibility index (Phi) is 5.04. The minimum absolute atomic E-state index is 0.0579. The molecule has 1 amide bonds. The van der Waals surface area contributed by atoms with Crippen molar-refractivity contribution in [3.63, 3.8) is 0 Å². The minimum atomic E-state index is -3.31. The predicted octanol–water partition coefficient (Wildman–Crippen LogP) is 0.597. The third kappa shape index (κ3) is 3.83. The molecular formula is C14H25F2N3O3S. The fraction of sp³-hybridized carbons (Fsp3) is 0.929. The molecule has 2 rings (SSSR count). The number of halogens is 2. The first-order valence-corrected chi connectivity index (χ1v) is 9.70. The SMILES string of the molecule is CCN(C(=O)[C@@H]1CC(F)(F)CN1C1CN(S(C)(=O)=O)C1)C(C)C. The maximum atomic E-state index is 13.9. The molecule has 0 spiro atoms. The standard InChI is InChI=1S/C14H25F2N3O3S/c1-5-18(10(2)3)13(20)12-6-14(15,16)9-19(12)11-7-17(8-11)23(4,21)22/h10-12H,5-9H2,1-4H3/t12-/m0/s1. The molecule has 23 heavy (non-hydrogen) atoms. The van der Waals surface area contributed by atoms with Gasteiger partial charge in [-0.15, -0.1) is 0 Å². The van der Waals surface area contributed by atoms with Gasteiger partial charge in [-0.05, 0) is 20.8 Å². The van der Waals surface area contributed by atoms with Crippen molar-refractivity contribution < 1.29 is 22.0 Å². The van der Waals surface area contributed by atoms with Crippen molar-refractivity contribution in [3.05, 3.63) is 0 Å². The molecule has 0 N–H and O–H groups in total. The fourth-order valence-corrected chi connectivity index (χ4v) is 4.20. The summed E-state index contributed by atoms with van der Waals surface area (Å²) in [5, 5.41) is 0. The van der Waals surface area contributed by atoms with Crippen molar-refractivity contribution in [1.29, 1.82) is 0 Å². The molecule has 0 unspecified atom stereocenters. The van der Waals surface area contributed by atoms with E-state index in [2.05, 4.69) is 0 Å². The van der Waals surface area contributed by atoms with Crippen molar-refractivity contribution in [3.8, 4) is 0 Å². The van der Waals surface area contributed by atoms with Crippen molar-refractivity contribution >= 4 is 15.9 Å². The smallest absolute Gasteiger partial charge is 0.262 e. The molecule has 9 heteroatoms. The van der Waals surface area contributed by atoms with Crippen LogP contribution in [0.1, 0.15) is 27.2 Å². The molecule has 134 valence electrons. The molecule has 1 atom stereocenters. The molecule has 2 heterocycles. The van der Waals surface area contributed by atoms with E-state index in [0.29, 0.717) is 6.54 Å². The van der Waals surface area contributed by atoms with E-state index >= 15 is 0 Å². The van der Waals surface area contributed by atoms with Crippen LogP contribution in [-0.2, 0) is 14.8 Å². The summed E-state index contributed by atoms with van der Waals surface area (Å²) in [6.45, 7) is 5.86. The van der Waals surface area contributed by atoms with Crippen molar-refractivity contribution in [2.45, 2.75) is 51.2 Å². The Labute approximate surface area is 136 Å². The Morgan fingerprint density at radius 2 is 1.91 bits per heavy atom. The number of likely N-dealkylation sites (tertiary alicyclic amines) is 1. The normalized spacial score (nSPS) is 26.5. The third-order valence-electron chi connectivity index (χ3n) is 4.61. The highest BCUT2D eigenvalue weighted by molar-refractivity contribution is 7.88. The number of carbonyl (C=O) groups excluding carboxylic acids is 1. The minimum Gasteiger partial charge on any atom is -0.339 e. The molecule has 0 aromatic rings. The van der Waals surface area contributed by atoms with Gasteiger partial charge < -0.3 is 4.90 Å².